The van der Waals surface area contributed by atoms with E-state index >= 15 is 0 Å². The largest absolute Gasteiger partial charge is 0.426 e. The number of ether oxygens (including phenoxy) is 1. The van der Waals surface area contributed by atoms with Crippen LogP contribution < -0.4 is 4.74 Å². The normalized spacial score (nSPS) is 11.0. The molecule has 0 aliphatic heterocycles. The molecule has 0 amide bonds. The van der Waals surface area contributed by atoms with Crippen molar-refractivity contribution in [3.05, 3.63) is 42.5 Å². The van der Waals surface area contributed by atoms with E-state index < -0.39 is 0 Å². The van der Waals surface area contributed by atoms with Gasteiger partial charge in [0.25, 0.3) is 0 Å². The van der Waals surface area contributed by atoms with Crippen molar-refractivity contribution in [3.8, 4) is 5.75 Å². The number of unbranched alkanes of at least 4 members (excludes halogenated alkanes) is 10. The van der Waals surface area contributed by atoms with Crippen LogP contribution in [-0.4, -0.2) is 5.97 Å². The van der Waals surface area contributed by atoms with Crippen LogP contribution in [0.5, 0.6) is 5.75 Å². The Balaban J connectivity index is 1.54. The molecule has 0 fully saturated rings. The summed E-state index contributed by atoms with van der Waals surface area (Å²) in [7, 11) is 0. The summed E-state index contributed by atoms with van der Waals surface area (Å²) in [5.74, 6) is 0.563. The second-order valence-corrected chi connectivity index (χ2v) is 7.24. The summed E-state index contributed by atoms with van der Waals surface area (Å²) in [6.45, 7) is 2.26. The van der Waals surface area contributed by atoms with Gasteiger partial charge in [0, 0.05) is 11.8 Å². The van der Waals surface area contributed by atoms with Gasteiger partial charge in [-0.05, 0) is 17.9 Å². The number of hydrogen-bond donors (Lipinski definition) is 0. The highest BCUT2D eigenvalue weighted by molar-refractivity contribution is 5.90. The smallest absolute Gasteiger partial charge is 0.311 e. The first-order chi connectivity index (χ1) is 12.8. The molecule has 2 rings (SSSR count). The predicted molar refractivity (Wildman–Crippen MR) is 111 cm³/mol. The average Bonchev–Trinajstić information content (AvgIpc) is 2.66. The molecule has 2 aromatic carbocycles. The lowest BCUT2D eigenvalue weighted by Crippen LogP contribution is -2.07. The van der Waals surface area contributed by atoms with Gasteiger partial charge >= 0.3 is 5.97 Å². The lowest BCUT2D eigenvalue weighted by Gasteiger charge is -2.07. The van der Waals surface area contributed by atoms with Crippen molar-refractivity contribution in [1.29, 1.82) is 0 Å². The summed E-state index contributed by atoms with van der Waals surface area (Å²) in [4.78, 5) is 12.1. The third-order valence-electron chi connectivity index (χ3n) is 4.96. The van der Waals surface area contributed by atoms with Gasteiger partial charge in [0.1, 0.15) is 5.75 Å². The highest BCUT2D eigenvalue weighted by Gasteiger charge is 2.07. The highest BCUT2D eigenvalue weighted by atomic mass is 16.5. The fourth-order valence-corrected chi connectivity index (χ4v) is 3.39. The van der Waals surface area contributed by atoms with Crippen molar-refractivity contribution < 1.29 is 9.53 Å². The molecular weight excluding hydrogens is 320 g/mol. The number of carbonyl (C=O) groups is 1. The minimum absolute atomic E-state index is 0.114. The predicted octanol–water partition coefficient (Wildman–Crippen LogP) is 7.45. The Morgan fingerprint density at radius 2 is 1.31 bits per heavy atom. The van der Waals surface area contributed by atoms with Crippen LogP contribution >= 0.6 is 0 Å². The average molecular weight is 355 g/mol. The van der Waals surface area contributed by atoms with E-state index in [1.807, 2.05) is 42.5 Å². The van der Waals surface area contributed by atoms with E-state index in [4.69, 9.17) is 4.74 Å². The standard InChI is InChI=1S/C24H34O2/c1-2-3-4-5-6-7-8-9-10-11-12-20-24(25)26-23-19-15-17-21-16-13-14-18-22(21)23/h13-19H,2-12,20H2,1H3. The van der Waals surface area contributed by atoms with Gasteiger partial charge in [-0.15, -0.1) is 0 Å². The van der Waals surface area contributed by atoms with Crippen molar-refractivity contribution >= 4 is 16.7 Å². The minimum atomic E-state index is -0.114. The Bertz CT molecular complexity index is 642. The van der Waals surface area contributed by atoms with E-state index in [0.29, 0.717) is 12.2 Å². The number of benzene rings is 2. The Hall–Kier alpha value is -1.83. The molecule has 142 valence electrons. The number of esters is 1. The third kappa shape index (κ3) is 7.59. The maximum Gasteiger partial charge on any atom is 0.311 e. The first-order valence-electron chi connectivity index (χ1n) is 10.5. The molecule has 2 aromatic rings. The monoisotopic (exact) mass is 354 g/mol. The van der Waals surface area contributed by atoms with Crippen LogP contribution in [0.25, 0.3) is 10.8 Å². The van der Waals surface area contributed by atoms with Crippen LogP contribution in [0.4, 0.5) is 0 Å². The third-order valence-corrected chi connectivity index (χ3v) is 4.96. The highest BCUT2D eigenvalue weighted by Crippen LogP contribution is 2.25. The van der Waals surface area contributed by atoms with E-state index in [9.17, 15) is 4.79 Å². The molecule has 0 saturated carbocycles. The Kier molecular flexibility index (Phi) is 9.86. The zero-order valence-electron chi connectivity index (χ0n) is 16.3. The quantitative estimate of drug-likeness (QED) is 0.212. The number of hydrogen-bond acceptors (Lipinski definition) is 2. The summed E-state index contributed by atoms with van der Waals surface area (Å²) in [5, 5.41) is 2.11. The zero-order valence-corrected chi connectivity index (χ0v) is 16.3. The van der Waals surface area contributed by atoms with Crippen LogP contribution in [0.1, 0.15) is 84.0 Å². The molecule has 0 spiro atoms. The maximum absolute atomic E-state index is 12.1. The maximum atomic E-state index is 12.1. The fourth-order valence-electron chi connectivity index (χ4n) is 3.39. The molecular formula is C24H34O2. The van der Waals surface area contributed by atoms with Crippen molar-refractivity contribution in [1.82, 2.24) is 0 Å². The molecule has 0 unspecified atom stereocenters. The van der Waals surface area contributed by atoms with Crippen molar-refractivity contribution in [2.24, 2.45) is 0 Å². The molecule has 2 nitrogen and oxygen atoms in total. The molecule has 0 aliphatic carbocycles. The SMILES string of the molecule is CCCCCCCCCCCCCC(=O)Oc1cccc2ccccc12. The van der Waals surface area contributed by atoms with Crippen LogP contribution in [0.3, 0.4) is 0 Å². The lowest BCUT2D eigenvalue weighted by atomic mass is 10.1. The van der Waals surface area contributed by atoms with Crippen molar-refractivity contribution in [2.45, 2.75) is 84.0 Å². The van der Waals surface area contributed by atoms with E-state index in [1.54, 1.807) is 0 Å². The van der Waals surface area contributed by atoms with Gasteiger partial charge in [-0.25, -0.2) is 0 Å². The molecule has 26 heavy (non-hydrogen) atoms. The van der Waals surface area contributed by atoms with Crippen molar-refractivity contribution in [3.63, 3.8) is 0 Å². The van der Waals surface area contributed by atoms with Gasteiger partial charge in [-0.3, -0.25) is 4.79 Å². The van der Waals surface area contributed by atoms with E-state index in [2.05, 4.69) is 6.92 Å². The Morgan fingerprint density at radius 1 is 0.731 bits per heavy atom. The summed E-state index contributed by atoms with van der Waals surface area (Å²) in [5.41, 5.74) is 0. The first kappa shape index (κ1) is 20.5. The minimum Gasteiger partial charge on any atom is -0.426 e. The van der Waals surface area contributed by atoms with Crippen LogP contribution in [0.15, 0.2) is 42.5 Å². The molecule has 0 heterocycles. The van der Waals surface area contributed by atoms with Gasteiger partial charge < -0.3 is 4.74 Å². The van der Waals surface area contributed by atoms with Gasteiger partial charge in [0.15, 0.2) is 0 Å². The van der Waals surface area contributed by atoms with Gasteiger partial charge in [0.05, 0.1) is 0 Å². The molecule has 0 atom stereocenters. The second kappa shape index (κ2) is 12.5. The van der Waals surface area contributed by atoms with Crippen LogP contribution in [0.2, 0.25) is 0 Å². The Labute approximate surface area is 158 Å². The summed E-state index contributed by atoms with van der Waals surface area (Å²) >= 11 is 0. The van der Waals surface area contributed by atoms with E-state index in [-0.39, 0.29) is 5.97 Å². The number of carbonyl (C=O) groups excluding carboxylic acids is 1. The Morgan fingerprint density at radius 3 is 2.00 bits per heavy atom. The summed E-state index contributed by atoms with van der Waals surface area (Å²) in [6.07, 6.45) is 14.7. The molecule has 0 aromatic heterocycles. The summed E-state index contributed by atoms with van der Waals surface area (Å²) in [6, 6.07) is 13.9. The molecule has 0 saturated heterocycles. The van der Waals surface area contributed by atoms with Gasteiger partial charge in [-0.2, -0.15) is 0 Å². The zero-order chi connectivity index (χ0) is 18.5. The molecule has 0 aliphatic rings. The molecule has 0 radical (unpaired) electrons. The fraction of sp³-hybridized carbons (Fsp3) is 0.542. The topological polar surface area (TPSA) is 26.3 Å². The van der Waals surface area contributed by atoms with E-state index in [0.717, 1.165) is 23.6 Å². The van der Waals surface area contributed by atoms with E-state index in [1.165, 1.54) is 57.8 Å². The molecule has 2 heteroatoms. The van der Waals surface area contributed by atoms with Crippen LogP contribution in [0, 0.1) is 0 Å². The lowest BCUT2D eigenvalue weighted by molar-refractivity contribution is -0.134. The number of rotatable bonds is 13. The molecule has 0 N–H and O–H groups in total. The number of fused-ring (bicyclic) bond motifs is 1. The van der Waals surface area contributed by atoms with Gasteiger partial charge in [-0.1, -0.05) is 108 Å². The second-order valence-electron chi connectivity index (χ2n) is 7.24. The van der Waals surface area contributed by atoms with Crippen molar-refractivity contribution in [2.75, 3.05) is 0 Å². The van der Waals surface area contributed by atoms with Crippen LogP contribution in [-0.2, 0) is 4.79 Å². The first-order valence-corrected chi connectivity index (χ1v) is 10.5. The van der Waals surface area contributed by atoms with Gasteiger partial charge in [0.2, 0.25) is 0 Å². The summed E-state index contributed by atoms with van der Waals surface area (Å²) < 4.78 is 5.58. The molecule has 0 bridgehead atoms.